The fourth-order valence-electron chi connectivity index (χ4n) is 7.42. The van der Waals surface area contributed by atoms with Gasteiger partial charge in [0.2, 0.25) is 10.0 Å². The van der Waals surface area contributed by atoms with Crippen molar-refractivity contribution in [1.82, 2.24) is 10.0 Å². The molecule has 7 N–H and O–H groups in total. The molecule has 2 aromatic rings. The van der Waals surface area contributed by atoms with Crippen LogP contribution in [0.2, 0.25) is 0 Å². The molecule has 8 atom stereocenters. The Morgan fingerprint density at radius 3 is 1.59 bits per heavy atom. The highest BCUT2D eigenvalue weighted by Gasteiger charge is 2.45. The summed E-state index contributed by atoms with van der Waals surface area (Å²) in [5, 5.41) is 58.7. The van der Waals surface area contributed by atoms with Crippen molar-refractivity contribution in [3.05, 3.63) is 36.4 Å². The average Bonchev–Trinajstić information content (AvgIpc) is 3.41. The molecular weight excluding hydrogens is 979 g/mol. The van der Waals surface area contributed by atoms with E-state index in [1.807, 2.05) is 25.1 Å². The Labute approximate surface area is 450 Å². The molecule has 0 radical (unpaired) electrons. The minimum Gasteiger partial charge on any atom is -0.390 e. The number of amides is 1. The second kappa shape index (κ2) is 37.1. The summed E-state index contributed by atoms with van der Waals surface area (Å²) in [6.45, 7) is 2.76. The average molecular weight is 1040 g/mol. The molecule has 392 valence electrons. The third-order valence-corrected chi connectivity index (χ3v) is 12.8. The Balaban J connectivity index is 1.65. The predicted molar refractivity (Wildman–Crippen MR) is 295 cm³/mol. The number of carbonyl (C=O) groups is 1. The van der Waals surface area contributed by atoms with Crippen molar-refractivity contribution >= 4 is 32.4 Å². The molecule has 14 heteroatoms. The highest BCUT2D eigenvalue weighted by atomic mass is 32.2. The van der Waals surface area contributed by atoms with Crippen LogP contribution in [-0.4, -0.2) is 116 Å². The summed E-state index contributed by atoms with van der Waals surface area (Å²) in [6.07, 6.45) is 2.11. The number of hydrogen-bond acceptors (Lipinski definition) is 11. The van der Waals surface area contributed by atoms with Gasteiger partial charge in [0.15, 0.2) is 6.29 Å². The van der Waals surface area contributed by atoms with Crippen molar-refractivity contribution in [3.8, 4) is 142 Å². The second-order valence-electron chi connectivity index (χ2n) is 17.2. The molecule has 0 aromatic heterocycles. The van der Waals surface area contributed by atoms with Crippen LogP contribution in [-0.2, 0) is 24.3 Å². The maximum absolute atomic E-state index is 13.7. The fourth-order valence-corrected chi connectivity index (χ4v) is 8.68. The SMILES string of the molecule is CC#CC#CC#CC#CC#CC#CC#CC#CC#CC#CC#CC#CC(=O)N[C@@H](COC1OC(CNS(=O)(=O)c2cccc3c(N(C)C)cccc23)C(O)C(O)C1O)[C@H](O)[C@H](O)CCCCCCCCCCCCCC. The highest BCUT2D eigenvalue weighted by molar-refractivity contribution is 7.89. The van der Waals surface area contributed by atoms with Gasteiger partial charge in [-0.15, -0.1) is 0 Å². The van der Waals surface area contributed by atoms with Gasteiger partial charge >= 0.3 is 0 Å². The highest BCUT2D eigenvalue weighted by Crippen LogP contribution is 2.31. The van der Waals surface area contributed by atoms with E-state index in [1.54, 1.807) is 31.2 Å². The number of aliphatic hydroxyl groups excluding tert-OH is 5. The summed E-state index contributed by atoms with van der Waals surface area (Å²) < 4.78 is 41.4. The van der Waals surface area contributed by atoms with Gasteiger partial charge in [-0.05, 0) is 120 Å². The number of aliphatic hydroxyl groups is 5. The fraction of sp³-hybridized carbons (Fsp3) is 0.435. The summed E-state index contributed by atoms with van der Waals surface area (Å²) in [5.41, 5.74) is 0.799. The van der Waals surface area contributed by atoms with Crippen LogP contribution >= 0.6 is 0 Å². The first-order chi connectivity index (χ1) is 36.8. The molecule has 2 aromatic carbocycles. The maximum atomic E-state index is 13.7. The Morgan fingerprint density at radius 2 is 1.09 bits per heavy atom. The topological polar surface area (TPSA) is 198 Å². The number of hydrogen-bond donors (Lipinski definition) is 7. The van der Waals surface area contributed by atoms with Crippen LogP contribution < -0.4 is 14.9 Å². The molecule has 0 spiro atoms. The Hall–Kier alpha value is -7.68. The van der Waals surface area contributed by atoms with Crippen molar-refractivity contribution in [2.45, 2.75) is 151 Å². The summed E-state index contributed by atoms with van der Waals surface area (Å²) in [6, 6.07) is 8.80. The molecule has 13 nitrogen and oxygen atoms in total. The second-order valence-corrected chi connectivity index (χ2v) is 18.9. The van der Waals surface area contributed by atoms with Crippen LogP contribution in [0.15, 0.2) is 41.3 Å². The van der Waals surface area contributed by atoms with Gasteiger partial charge in [0.1, 0.15) is 30.5 Å². The smallest absolute Gasteiger partial charge is 0.297 e. The van der Waals surface area contributed by atoms with Gasteiger partial charge in [-0.1, -0.05) is 114 Å². The number of nitrogens with zero attached hydrogens (tertiary/aromatic N) is 1. The van der Waals surface area contributed by atoms with E-state index in [0.29, 0.717) is 17.2 Å². The quantitative estimate of drug-likeness (QED) is 0.0602. The zero-order chi connectivity index (χ0) is 55.2. The lowest BCUT2D eigenvalue weighted by molar-refractivity contribution is -0.297. The Kier molecular flexibility index (Phi) is 30.6. The van der Waals surface area contributed by atoms with Crippen molar-refractivity contribution < 1.29 is 48.2 Å². The lowest BCUT2D eigenvalue weighted by Crippen LogP contribution is -2.61. The molecule has 3 rings (SSSR count). The Bertz CT molecular complexity index is 3190. The van der Waals surface area contributed by atoms with Gasteiger partial charge in [0, 0.05) is 78.5 Å². The van der Waals surface area contributed by atoms with Gasteiger partial charge in [-0.3, -0.25) is 4.79 Å². The largest absolute Gasteiger partial charge is 0.390 e. The minimum atomic E-state index is -4.22. The van der Waals surface area contributed by atoms with Crippen molar-refractivity contribution in [3.63, 3.8) is 0 Å². The molecule has 1 aliphatic heterocycles. The standard InChI is InChI=1S/C62H63N3O10S/c1-5-7-9-11-13-15-17-19-20-21-22-23-24-25-26-27-28-29-31-33-35-37-39-47-57(67)64-52(58(68)54(66)45-38-36-34-32-30-18-16-14-12-10-8-6-2)49-74-62-61(71)60(70)59(69)55(75-62)48-63-76(72,73)56-46-41-42-50-51(56)43-40-44-53(50)65(3)4/h40-44,46,52,54-55,58-63,66,68-71H,6,8,10,12,14,16,18,30,32,34,36,38,45,48-49H2,1-4H3,(H,64,67)/t52-,54+,55?,58-,59?,60?,61?,62?/m0/s1. The molecular formula is C62H63N3O10S. The number of sulfonamides is 1. The first-order valence-electron chi connectivity index (χ1n) is 24.9. The van der Waals surface area contributed by atoms with Gasteiger partial charge in [0.25, 0.3) is 5.91 Å². The normalized spacial score (nSPS) is 16.7. The van der Waals surface area contributed by atoms with Crippen LogP contribution in [0.5, 0.6) is 0 Å². The first kappa shape index (κ1) is 62.6. The van der Waals surface area contributed by atoms with Crippen LogP contribution in [0.25, 0.3) is 10.8 Å². The molecule has 0 bridgehead atoms. The van der Waals surface area contributed by atoms with Crippen LogP contribution in [0, 0.1) is 142 Å². The number of nitrogens with one attached hydrogen (secondary N) is 2. The summed E-state index contributed by atoms with van der Waals surface area (Å²) in [5.74, 6) is 58.5. The van der Waals surface area contributed by atoms with Crippen LogP contribution in [0.4, 0.5) is 5.69 Å². The van der Waals surface area contributed by atoms with E-state index < -0.39 is 78.0 Å². The maximum Gasteiger partial charge on any atom is 0.297 e. The van der Waals surface area contributed by atoms with Gasteiger partial charge in [0.05, 0.1) is 23.6 Å². The van der Waals surface area contributed by atoms with E-state index in [9.17, 15) is 38.7 Å². The number of fused-ring (bicyclic) bond motifs is 1. The van der Waals surface area contributed by atoms with Gasteiger partial charge in [-0.2, -0.15) is 0 Å². The predicted octanol–water partition coefficient (Wildman–Crippen LogP) is 3.37. The molecule has 76 heavy (non-hydrogen) atoms. The number of unbranched alkanes of at least 4 members (excludes halogenated alkanes) is 11. The monoisotopic (exact) mass is 1040 g/mol. The zero-order valence-electron chi connectivity index (χ0n) is 43.3. The molecule has 0 saturated carbocycles. The van der Waals surface area contributed by atoms with E-state index in [0.717, 1.165) is 31.4 Å². The summed E-state index contributed by atoms with van der Waals surface area (Å²) in [7, 11) is -0.540. The molecule has 1 saturated heterocycles. The Morgan fingerprint density at radius 1 is 0.632 bits per heavy atom. The lowest BCUT2D eigenvalue weighted by Gasteiger charge is -2.41. The number of benzene rings is 2. The first-order valence-corrected chi connectivity index (χ1v) is 26.4. The van der Waals surface area contributed by atoms with Gasteiger partial charge in [-0.25, -0.2) is 13.1 Å². The third kappa shape index (κ3) is 24.1. The van der Waals surface area contributed by atoms with Crippen molar-refractivity contribution in [2.24, 2.45) is 0 Å². The minimum absolute atomic E-state index is 0.0267. The number of ether oxygens (including phenoxy) is 2. The summed E-state index contributed by atoms with van der Waals surface area (Å²) in [4.78, 5) is 14.9. The van der Waals surface area contributed by atoms with E-state index in [1.165, 1.54) is 51.0 Å². The number of anilines is 1. The number of carbonyl (C=O) groups excluding carboxylic acids is 1. The van der Waals surface area contributed by atoms with Crippen molar-refractivity contribution in [1.29, 1.82) is 0 Å². The van der Waals surface area contributed by atoms with E-state index in [2.05, 4.69) is 159 Å². The lowest BCUT2D eigenvalue weighted by atomic mass is 9.98. The molecule has 1 fully saturated rings. The molecule has 1 heterocycles. The summed E-state index contributed by atoms with van der Waals surface area (Å²) >= 11 is 0. The van der Waals surface area contributed by atoms with E-state index in [4.69, 9.17) is 9.47 Å². The van der Waals surface area contributed by atoms with Gasteiger partial charge < -0.3 is 45.2 Å². The van der Waals surface area contributed by atoms with E-state index >= 15 is 0 Å². The van der Waals surface area contributed by atoms with Crippen LogP contribution in [0.3, 0.4) is 0 Å². The third-order valence-electron chi connectivity index (χ3n) is 11.3. The molecule has 5 unspecified atom stereocenters. The molecule has 1 aliphatic rings. The van der Waals surface area contributed by atoms with E-state index in [-0.39, 0.29) is 11.3 Å². The number of rotatable bonds is 24. The zero-order valence-corrected chi connectivity index (χ0v) is 44.1. The molecule has 0 aliphatic carbocycles. The molecule has 1 amide bonds. The van der Waals surface area contributed by atoms with Crippen molar-refractivity contribution in [2.75, 3.05) is 32.1 Å². The van der Waals surface area contributed by atoms with Crippen LogP contribution in [0.1, 0.15) is 97.3 Å².